The molecule has 0 bridgehead atoms. The molecule has 2 aromatic rings. The van der Waals surface area contributed by atoms with Gasteiger partial charge in [0, 0.05) is 6.20 Å². The molecule has 1 aromatic carbocycles. The fraction of sp³-hybridized carbons (Fsp3) is 0.188. The van der Waals surface area contributed by atoms with Gasteiger partial charge >= 0.3 is 6.61 Å². The summed E-state index contributed by atoms with van der Waals surface area (Å²) in [4.78, 5) is 15.7. The highest BCUT2D eigenvalue weighted by Crippen LogP contribution is 2.29. The summed E-state index contributed by atoms with van der Waals surface area (Å²) in [6.45, 7) is -0.933. The number of alkyl halides is 2. The minimum Gasteiger partial charge on any atom is -0.490 e. The van der Waals surface area contributed by atoms with E-state index in [-0.39, 0.29) is 23.8 Å². The van der Waals surface area contributed by atoms with E-state index in [4.69, 9.17) is 4.74 Å². The van der Waals surface area contributed by atoms with Gasteiger partial charge in [-0.3, -0.25) is 9.78 Å². The molecule has 1 amide bonds. The van der Waals surface area contributed by atoms with E-state index in [1.165, 1.54) is 30.6 Å². The summed E-state index contributed by atoms with van der Waals surface area (Å²) in [6, 6.07) is 9.27. The Morgan fingerprint density at radius 3 is 2.83 bits per heavy atom. The van der Waals surface area contributed by atoms with Gasteiger partial charge in [0.25, 0.3) is 5.91 Å². The van der Waals surface area contributed by atoms with Crippen LogP contribution in [0.15, 0.2) is 47.7 Å². The quantitative estimate of drug-likeness (QED) is 0.624. The fourth-order valence-electron chi connectivity index (χ4n) is 1.79. The second kappa shape index (κ2) is 8.56. The Bertz CT molecular complexity index is 709. The Morgan fingerprint density at radius 1 is 1.33 bits per heavy atom. The van der Waals surface area contributed by atoms with Crippen LogP contribution in [-0.2, 0) is 0 Å². The number of hydrogen-bond acceptors (Lipinski definition) is 5. The molecule has 8 heteroatoms. The number of hydrazone groups is 1. The number of ether oxygens (including phenoxy) is 2. The third-order valence-electron chi connectivity index (χ3n) is 2.76. The molecule has 1 heterocycles. The van der Waals surface area contributed by atoms with Crippen molar-refractivity contribution < 1.29 is 23.0 Å². The van der Waals surface area contributed by atoms with Gasteiger partial charge in [-0.05, 0) is 42.8 Å². The predicted octanol–water partition coefficient (Wildman–Crippen LogP) is 2.85. The Balaban J connectivity index is 2.06. The zero-order valence-corrected chi connectivity index (χ0v) is 12.8. The molecule has 0 saturated heterocycles. The molecule has 0 unspecified atom stereocenters. The zero-order valence-electron chi connectivity index (χ0n) is 12.8. The molecule has 0 radical (unpaired) electrons. The van der Waals surface area contributed by atoms with Crippen LogP contribution in [0.3, 0.4) is 0 Å². The third kappa shape index (κ3) is 5.01. The number of nitrogens with one attached hydrogen (secondary N) is 1. The summed E-state index contributed by atoms with van der Waals surface area (Å²) in [7, 11) is 0. The van der Waals surface area contributed by atoms with Gasteiger partial charge in [0.05, 0.1) is 12.8 Å². The molecular formula is C16H15F2N3O3. The van der Waals surface area contributed by atoms with Crippen LogP contribution in [0.4, 0.5) is 8.78 Å². The van der Waals surface area contributed by atoms with Gasteiger partial charge in [0.15, 0.2) is 11.5 Å². The molecule has 6 nitrogen and oxygen atoms in total. The minimum absolute atomic E-state index is 0.0680. The van der Waals surface area contributed by atoms with Gasteiger partial charge in [-0.1, -0.05) is 6.07 Å². The van der Waals surface area contributed by atoms with Gasteiger partial charge in [-0.2, -0.15) is 13.9 Å². The highest BCUT2D eigenvalue weighted by Gasteiger charge is 2.11. The van der Waals surface area contributed by atoms with Crippen molar-refractivity contribution in [2.24, 2.45) is 5.10 Å². The maximum atomic E-state index is 12.3. The Hall–Kier alpha value is -3.03. The van der Waals surface area contributed by atoms with E-state index in [9.17, 15) is 13.6 Å². The largest absolute Gasteiger partial charge is 0.490 e. The van der Waals surface area contributed by atoms with Crippen molar-refractivity contribution in [2.45, 2.75) is 13.5 Å². The Kier molecular flexibility index (Phi) is 6.18. The summed E-state index contributed by atoms with van der Waals surface area (Å²) in [6.07, 6.45) is 2.85. The summed E-state index contributed by atoms with van der Waals surface area (Å²) >= 11 is 0. The smallest absolute Gasteiger partial charge is 0.387 e. The van der Waals surface area contributed by atoms with E-state index in [0.29, 0.717) is 5.56 Å². The summed E-state index contributed by atoms with van der Waals surface area (Å²) in [5, 5.41) is 3.80. The van der Waals surface area contributed by atoms with E-state index >= 15 is 0 Å². The van der Waals surface area contributed by atoms with E-state index in [2.05, 4.69) is 20.2 Å². The molecule has 2 rings (SSSR count). The lowest BCUT2D eigenvalue weighted by atomic mass is 10.2. The molecule has 0 aliphatic rings. The van der Waals surface area contributed by atoms with E-state index in [1.807, 2.05) is 0 Å². The second-order valence-electron chi connectivity index (χ2n) is 4.43. The van der Waals surface area contributed by atoms with Crippen LogP contribution in [-0.4, -0.2) is 30.3 Å². The monoisotopic (exact) mass is 335 g/mol. The first-order valence-electron chi connectivity index (χ1n) is 7.06. The molecule has 0 spiro atoms. The Morgan fingerprint density at radius 2 is 2.17 bits per heavy atom. The minimum atomic E-state index is -2.94. The fourth-order valence-corrected chi connectivity index (χ4v) is 1.79. The van der Waals surface area contributed by atoms with Crippen LogP contribution >= 0.6 is 0 Å². The molecule has 1 aromatic heterocycles. The molecule has 0 aliphatic heterocycles. The number of benzene rings is 1. The molecule has 0 saturated carbocycles. The lowest BCUT2D eigenvalue weighted by molar-refractivity contribution is -0.0514. The van der Waals surface area contributed by atoms with Crippen molar-refractivity contribution in [2.75, 3.05) is 6.61 Å². The molecule has 126 valence electrons. The topological polar surface area (TPSA) is 72.8 Å². The third-order valence-corrected chi connectivity index (χ3v) is 2.76. The van der Waals surface area contributed by atoms with Crippen molar-refractivity contribution >= 4 is 12.1 Å². The van der Waals surface area contributed by atoms with Crippen LogP contribution in [0.2, 0.25) is 0 Å². The average Bonchev–Trinajstić information content (AvgIpc) is 2.57. The zero-order chi connectivity index (χ0) is 17.4. The molecule has 0 aliphatic carbocycles. The number of nitrogens with zero attached hydrogens (tertiary/aromatic N) is 2. The number of amides is 1. The molecule has 0 fully saturated rings. The maximum absolute atomic E-state index is 12.3. The van der Waals surface area contributed by atoms with Crippen molar-refractivity contribution in [1.82, 2.24) is 10.4 Å². The van der Waals surface area contributed by atoms with Gasteiger partial charge in [-0.25, -0.2) is 5.43 Å². The SMILES string of the molecule is CCOc1cc(/C=N\NC(=O)c2ccccn2)ccc1OC(F)F. The van der Waals surface area contributed by atoms with E-state index in [0.717, 1.165) is 0 Å². The maximum Gasteiger partial charge on any atom is 0.387 e. The number of pyridine rings is 1. The number of hydrogen-bond donors (Lipinski definition) is 1. The standard InChI is InChI=1S/C16H15F2N3O3/c1-2-23-14-9-11(6-7-13(14)24-16(17)18)10-20-21-15(22)12-5-3-4-8-19-12/h3-10,16H,2H2,1H3,(H,21,22)/b20-10-. The van der Waals surface area contributed by atoms with Gasteiger partial charge < -0.3 is 9.47 Å². The first-order valence-corrected chi connectivity index (χ1v) is 7.06. The second-order valence-corrected chi connectivity index (χ2v) is 4.43. The number of halogens is 2. The molecular weight excluding hydrogens is 320 g/mol. The van der Waals surface area contributed by atoms with E-state index < -0.39 is 12.5 Å². The number of carbonyl (C=O) groups is 1. The van der Waals surface area contributed by atoms with Crippen LogP contribution in [0, 0.1) is 0 Å². The number of carbonyl (C=O) groups excluding carboxylic acids is 1. The van der Waals surface area contributed by atoms with Gasteiger partial charge in [0.1, 0.15) is 5.69 Å². The first kappa shape index (κ1) is 17.3. The summed E-state index contributed by atoms with van der Waals surface area (Å²) in [5.74, 6) is -0.367. The van der Waals surface area contributed by atoms with Crippen molar-refractivity contribution in [3.8, 4) is 11.5 Å². The highest BCUT2D eigenvalue weighted by molar-refractivity contribution is 5.93. The molecule has 24 heavy (non-hydrogen) atoms. The summed E-state index contributed by atoms with van der Waals surface area (Å²) < 4.78 is 34.3. The molecule has 1 N–H and O–H groups in total. The van der Waals surface area contributed by atoms with Crippen molar-refractivity contribution in [1.29, 1.82) is 0 Å². The lowest BCUT2D eigenvalue weighted by Crippen LogP contribution is -2.18. The Labute approximate surface area is 137 Å². The lowest BCUT2D eigenvalue weighted by Gasteiger charge is -2.11. The summed E-state index contributed by atoms with van der Waals surface area (Å²) in [5.41, 5.74) is 3.09. The van der Waals surface area contributed by atoms with Crippen molar-refractivity contribution in [3.05, 3.63) is 53.9 Å². The van der Waals surface area contributed by atoms with Crippen LogP contribution in [0.5, 0.6) is 11.5 Å². The highest BCUT2D eigenvalue weighted by atomic mass is 19.3. The number of aromatic nitrogens is 1. The normalized spacial score (nSPS) is 10.8. The van der Waals surface area contributed by atoms with Crippen LogP contribution < -0.4 is 14.9 Å². The number of rotatable bonds is 7. The van der Waals surface area contributed by atoms with Gasteiger partial charge in [-0.15, -0.1) is 0 Å². The van der Waals surface area contributed by atoms with Gasteiger partial charge in [0.2, 0.25) is 0 Å². The average molecular weight is 335 g/mol. The van der Waals surface area contributed by atoms with Crippen molar-refractivity contribution in [3.63, 3.8) is 0 Å². The first-order chi connectivity index (χ1) is 11.6. The molecule has 0 atom stereocenters. The predicted molar refractivity (Wildman–Crippen MR) is 83.5 cm³/mol. The van der Waals surface area contributed by atoms with Crippen LogP contribution in [0.1, 0.15) is 23.0 Å². The van der Waals surface area contributed by atoms with E-state index in [1.54, 1.807) is 25.1 Å². The van der Waals surface area contributed by atoms with Crippen LogP contribution in [0.25, 0.3) is 0 Å².